The fourth-order valence-corrected chi connectivity index (χ4v) is 1.89. The van der Waals surface area contributed by atoms with E-state index >= 15 is 0 Å². The summed E-state index contributed by atoms with van der Waals surface area (Å²) in [6.07, 6.45) is 0. The number of benzene rings is 1. The minimum atomic E-state index is -0.308. The first kappa shape index (κ1) is 11.4. The Morgan fingerprint density at radius 3 is 2.95 bits per heavy atom. The van der Waals surface area contributed by atoms with Crippen LogP contribution < -0.4 is 5.32 Å². The number of nitrogens with zero attached hydrogens (tertiary/aromatic N) is 3. The molecule has 1 aromatic carbocycles. The maximum absolute atomic E-state index is 12.1. The number of fused-ring (bicyclic) bond motifs is 1. The molecule has 2 aromatic heterocycles. The highest BCUT2D eigenvalue weighted by Gasteiger charge is 2.16. The first-order valence-electron chi connectivity index (χ1n) is 5.86. The fraction of sp³-hybridized carbons (Fsp3) is 0.167. The summed E-state index contributed by atoms with van der Waals surface area (Å²) in [5.74, 6) is 0.248. The lowest BCUT2D eigenvalue weighted by molar-refractivity contribution is 0.0934. The van der Waals surface area contributed by atoms with Crippen LogP contribution in [0.1, 0.15) is 29.3 Å². The average molecular weight is 256 g/mol. The summed E-state index contributed by atoms with van der Waals surface area (Å²) in [5, 5.41) is 17.3. The van der Waals surface area contributed by atoms with Gasteiger partial charge < -0.3 is 10.3 Å². The Hall–Kier alpha value is -2.70. The lowest BCUT2D eigenvalue weighted by atomic mass is 10.2. The van der Waals surface area contributed by atoms with Gasteiger partial charge in [-0.3, -0.25) is 4.79 Å². The molecule has 3 N–H and O–H groups in total. The predicted molar refractivity (Wildman–Crippen MR) is 68.4 cm³/mol. The first-order chi connectivity index (χ1) is 9.24. The molecule has 0 aliphatic rings. The highest BCUT2D eigenvalue weighted by molar-refractivity contribution is 5.98. The second-order valence-electron chi connectivity index (χ2n) is 4.24. The molecule has 0 radical (unpaired) electrons. The van der Waals surface area contributed by atoms with Crippen molar-refractivity contribution >= 4 is 16.8 Å². The Morgan fingerprint density at radius 1 is 1.37 bits per heavy atom. The smallest absolute Gasteiger partial charge is 0.268 e. The van der Waals surface area contributed by atoms with E-state index in [4.69, 9.17) is 0 Å². The van der Waals surface area contributed by atoms with Crippen molar-refractivity contribution in [3.63, 3.8) is 0 Å². The van der Waals surface area contributed by atoms with Crippen molar-refractivity contribution < 1.29 is 4.79 Å². The molecule has 1 atom stereocenters. The molecular weight excluding hydrogens is 244 g/mol. The number of hydrogen-bond acceptors (Lipinski definition) is 4. The second-order valence-corrected chi connectivity index (χ2v) is 4.24. The number of amides is 1. The molecule has 19 heavy (non-hydrogen) atoms. The van der Waals surface area contributed by atoms with Crippen molar-refractivity contribution in [3.05, 3.63) is 41.9 Å². The van der Waals surface area contributed by atoms with Gasteiger partial charge in [0.2, 0.25) is 0 Å². The van der Waals surface area contributed by atoms with E-state index in [2.05, 4.69) is 30.9 Å². The number of hydrogen-bond donors (Lipinski definition) is 3. The van der Waals surface area contributed by atoms with Gasteiger partial charge >= 0.3 is 0 Å². The molecule has 0 aliphatic heterocycles. The third-order valence-electron chi connectivity index (χ3n) is 2.87. The van der Waals surface area contributed by atoms with Crippen molar-refractivity contribution in [2.45, 2.75) is 13.0 Å². The van der Waals surface area contributed by atoms with Crippen LogP contribution in [0.2, 0.25) is 0 Å². The summed E-state index contributed by atoms with van der Waals surface area (Å²) < 4.78 is 0. The lowest BCUT2D eigenvalue weighted by Crippen LogP contribution is -2.27. The van der Waals surface area contributed by atoms with E-state index in [0.717, 1.165) is 10.9 Å². The molecule has 2 heterocycles. The zero-order valence-electron chi connectivity index (χ0n) is 10.2. The zero-order valence-corrected chi connectivity index (χ0v) is 10.2. The maximum Gasteiger partial charge on any atom is 0.268 e. The molecule has 7 nitrogen and oxygen atoms in total. The molecule has 0 fully saturated rings. The Morgan fingerprint density at radius 2 is 2.21 bits per heavy atom. The number of aromatic amines is 2. The number of carbonyl (C=O) groups is 1. The normalized spacial score (nSPS) is 12.5. The predicted octanol–water partition coefficient (Wildman–Crippen LogP) is 1.17. The molecule has 0 spiro atoms. The van der Waals surface area contributed by atoms with Crippen molar-refractivity contribution in [1.82, 2.24) is 30.9 Å². The summed E-state index contributed by atoms with van der Waals surface area (Å²) in [7, 11) is 0. The van der Waals surface area contributed by atoms with Gasteiger partial charge in [0, 0.05) is 10.9 Å². The Kier molecular flexibility index (Phi) is 2.71. The van der Waals surface area contributed by atoms with Crippen LogP contribution in [0.25, 0.3) is 10.9 Å². The number of H-pyrrole nitrogens is 2. The topological polar surface area (TPSA) is 99.4 Å². The third kappa shape index (κ3) is 2.17. The molecule has 0 saturated heterocycles. The molecule has 3 aromatic rings. The molecule has 3 rings (SSSR count). The summed E-state index contributed by atoms with van der Waals surface area (Å²) >= 11 is 0. The van der Waals surface area contributed by atoms with Gasteiger partial charge in [0.1, 0.15) is 5.69 Å². The molecule has 0 aliphatic carbocycles. The monoisotopic (exact) mass is 256 g/mol. The highest BCUT2D eigenvalue weighted by atomic mass is 16.1. The minimum Gasteiger partial charge on any atom is -0.351 e. The SMILES string of the molecule is CC(NC(=O)c1cc2ccccc2[nH]1)c1nn[nH]n1. The third-order valence-corrected chi connectivity index (χ3v) is 2.87. The van der Waals surface area contributed by atoms with E-state index < -0.39 is 0 Å². The number of rotatable bonds is 3. The van der Waals surface area contributed by atoms with Crippen LogP contribution in [0, 0.1) is 0 Å². The van der Waals surface area contributed by atoms with Crippen molar-refractivity contribution in [2.24, 2.45) is 0 Å². The van der Waals surface area contributed by atoms with Crippen LogP contribution in [-0.4, -0.2) is 31.5 Å². The summed E-state index contributed by atoms with van der Waals surface area (Å²) in [5.41, 5.74) is 1.44. The zero-order chi connectivity index (χ0) is 13.2. The molecule has 7 heteroatoms. The number of nitrogens with one attached hydrogen (secondary N) is 3. The van der Waals surface area contributed by atoms with Crippen LogP contribution >= 0.6 is 0 Å². The van der Waals surface area contributed by atoms with Gasteiger partial charge in [-0.1, -0.05) is 23.4 Å². The number of aromatic nitrogens is 5. The van der Waals surface area contributed by atoms with Crippen LogP contribution in [0.3, 0.4) is 0 Å². The average Bonchev–Trinajstić information content (AvgIpc) is 3.07. The molecule has 96 valence electrons. The first-order valence-corrected chi connectivity index (χ1v) is 5.86. The van der Waals surface area contributed by atoms with Crippen molar-refractivity contribution in [1.29, 1.82) is 0 Å². The Labute approximate surface area is 108 Å². The van der Waals surface area contributed by atoms with E-state index in [1.165, 1.54) is 0 Å². The van der Waals surface area contributed by atoms with Crippen molar-refractivity contribution in [2.75, 3.05) is 0 Å². The van der Waals surface area contributed by atoms with Crippen LogP contribution in [0.15, 0.2) is 30.3 Å². The number of carbonyl (C=O) groups excluding carboxylic acids is 1. The Balaban J connectivity index is 1.80. The summed E-state index contributed by atoms with van der Waals surface area (Å²) in [4.78, 5) is 15.2. The Bertz CT molecular complexity index is 669. The van der Waals surface area contributed by atoms with Gasteiger partial charge in [-0.15, -0.1) is 10.2 Å². The van der Waals surface area contributed by atoms with Gasteiger partial charge in [0.25, 0.3) is 5.91 Å². The lowest BCUT2D eigenvalue weighted by Gasteiger charge is -2.08. The van der Waals surface area contributed by atoms with Gasteiger partial charge in [-0.25, -0.2) is 0 Å². The van der Waals surface area contributed by atoms with Crippen LogP contribution in [0.5, 0.6) is 0 Å². The fourth-order valence-electron chi connectivity index (χ4n) is 1.89. The van der Waals surface area contributed by atoms with E-state index in [1.807, 2.05) is 30.3 Å². The van der Waals surface area contributed by atoms with Crippen LogP contribution in [-0.2, 0) is 0 Å². The molecule has 0 bridgehead atoms. The van der Waals surface area contributed by atoms with Gasteiger partial charge in [-0.05, 0) is 19.1 Å². The number of tetrazole rings is 1. The van der Waals surface area contributed by atoms with Crippen LogP contribution in [0.4, 0.5) is 0 Å². The van der Waals surface area contributed by atoms with Gasteiger partial charge in [0.05, 0.1) is 6.04 Å². The minimum absolute atomic E-state index is 0.200. The standard InChI is InChI=1S/C12H12N6O/c1-7(11-15-17-18-16-11)13-12(19)10-6-8-4-2-3-5-9(8)14-10/h2-7,14H,1H3,(H,13,19)(H,15,16,17,18). The van der Waals surface area contributed by atoms with Gasteiger partial charge in [-0.2, -0.15) is 5.21 Å². The molecule has 1 amide bonds. The largest absolute Gasteiger partial charge is 0.351 e. The van der Waals surface area contributed by atoms with E-state index in [-0.39, 0.29) is 11.9 Å². The van der Waals surface area contributed by atoms with E-state index in [1.54, 1.807) is 6.92 Å². The van der Waals surface area contributed by atoms with Crippen molar-refractivity contribution in [3.8, 4) is 0 Å². The number of para-hydroxylation sites is 1. The molecular formula is C12H12N6O. The van der Waals surface area contributed by atoms with E-state index in [9.17, 15) is 4.79 Å². The highest BCUT2D eigenvalue weighted by Crippen LogP contribution is 2.15. The summed E-state index contributed by atoms with van der Waals surface area (Å²) in [6.45, 7) is 1.80. The van der Waals surface area contributed by atoms with E-state index in [0.29, 0.717) is 11.5 Å². The molecule has 1 unspecified atom stereocenters. The quantitative estimate of drug-likeness (QED) is 0.655. The maximum atomic E-state index is 12.1. The summed E-state index contributed by atoms with van der Waals surface area (Å²) in [6, 6.07) is 9.23. The second kappa shape index (κ2) is 4.52. The molecule has 0 saturated carbocycles. The van der Waals surface area contributed by atoms with Gasteiger partial charge in [0.15, 0.2) is 5.82 Å².